The lowest BCUT2D eigenvalue weighted by molar-refractivity contribution is -0.144. The first-order chi connectivity index (χ1) is 32.4. The number of hydrogen-bond donors (Lipinski definition) is 15. The number of carboxylic acids is 1. The first-order valence-electron chi connectivity index (χ1n) is 22.3. The molecule has 2 heterocycles. The number of nitrogens with zero attached hydrogens (tertiary/aromatic N) is 3. The minimum absolute atomic E-state index is 0.0330. The van der Waals surface area contributed by atoms with Crippen molar-refractivity contribution in [1.82, 2.24) is 52.1 Å². The van der Waals surface area contributed by atoms with Gasteiger partial charge in [0, 0.05) is 42.9 Å². The van der Waals surface area contributed by atoms with Crippen molar-refractivity contribution < 1.29 is 53.1 Å². The summed E-state index contributed by atoms with van der Waals surface area (Å²) in [5.74, 6) is -9.78. The van der Waals surface area contributed by atoms with Gasteiger partial charge in [0.2, 0.25) is 53.2 Å². The molecule has 9 atom stereocenters. The highest BCUT2D eigenvalue weighted by Gasteiger charge is 2.40. The van der Waals surface area contributed by atoms with E-state index in [0.29, 0.717) is 12.1 Å². The number of nitrogens with two attached hydrogens (primary N) is 4. The fraction of sp³-hybridized carbons (Fsp3) is 0.659. The van der Waals surface area contributed by atoms with Crippen molar-refractivity contribution in [2.75, 3.05) is 24.6 Å². The quantitative estimate of drug-likeness (QED) is 0.0155. The summed E-state index contributed by atoms with van der Waals surface area (Å²) in [7, 11) is 0. The summed E-state index contributed by atoms with van der Waals surface area (Å²) >= 11 is 8.27. The minimum atomic E-state index is -1.49. The molecule has 26 nitrogen and oxygen atoms in total. The van der Waals surface area contributed by atoms with E-state index in [0.717, 1.165) is 0 Å². The van der Waals surface area contributed by atoms with Gasteiger partial charge in [-0.05, 0) is 50.9 Å². The summed E-state index contributed by atoms with van der Waals surface area (Å²) in [5.41, 5.74) is 22.5. The number of aliphatic carboxylic acids is 1. The Bertz CT molecular complexity index is 1990. The number of aliphatic imine (C=N–C) groups is 1. The van der Waals surface area contributed by atoms with Crippen LogP contribution >= 0.6 is 25.3 Å². The van der Waals surface area contributed by atoms with Gasteiger partial charge in [0.15, 0.2) is 5.96 Å². The number of amides is 9. The molecule has 0 saturated carbocycles. The van der Waals surface area contributed by atoms with Crippen LogP contribution in [0.15, 0.2) is 17.5 Å². The number of primary amides is 1. The second-order valence-corrected chi connectivity index (χ2v) is 18.0. The highest BCUT2D eigenvalue weighted by atomic mass is 32.1. The zero-order valence-electron chi connectivity index (χ0n) is 39.4. The number of aromatic amines is 1. The van der Waals surface area contributed by atoms with E-state index in [1.165, 1.54) is 24.3 Å². The number of imidazole rings is 1. The number of thiol groups is 2. The van der Waals surface area contributed by atoms with Crippen molar-refractivity contribution in [3.63, 3.8) is 0 Å². The number of carbonyl (C=O) groups is 10. The van der Waals surface area contributed by atoms with Crippen LogP contribution in [-0.2, 0) is 54.4 Å². The van der Waals surface area contributed by atoms with Gasteiger partial charge in [0.1, 0.15) is 48.3 Å². The number of aromatic nitrogens is 2. The highest BCUT2D eigenvalue weighted by Crippen LogP contribution is 2.21. The second-order valence-electron chi connectivity index (χ2n) is 17.3. The maximum absolute atomic E-state index is 14.1. The molecule has 1 aliphatic heterocycles. The van der Waals surface area contributed by atoms with E-state index >= 15 is 0 Å². The summed E-state index contributed by atoms with van der Waals surface area (Å²) < 4.78 is 0. The third-order valence-electron chi connectivity index (χ3n) is 10.8. The van der Waals surface area contributed by atoms with E-state index in [1.807, 2.05) is 13.8 Å². The van der Waals surface area contributed by atoms with Crippen molar-refractivity contribution in [2.45, 2.75) is 134 Å². The van der Waals surface area contributed by atoms with E-state index in [1.54, 1.807) is 13.8 Å². The number of carbonyl (C=O) groups excluding carboxylic acids is 9. The fourth-order valence-corrected chi connectivity index (χ4v) is 7.42. The molecule has 1 fully saturated rings. The lowest BCUT2D eigenvalue weighted by Crippen LogP contribution is -2.61. The zero-order valence-corrected chi connectivity index (χ0v) is 41.1. The van der Waals surface area contributed by atoms with Crippen LogP contribution in [-0.4, -0.2) is 164 Å². The molecule has 1 aromatic heterocycles. The summed E-state index contributed by atoms with van der Waals surface area (Å²) in [5, 5.41) is 27.0. The van der Waals surface area contributed by atoms with Crippen LogP contribution in [0.3, 0.4) is 0 Å². The fourth-order valence-electron chi connectivity index (χ4n) is 6.92. The van der Waals surface area contributed by atoms with Crippen LogP contribution in [0.5, 0.6) is 0 Å². The molecule has 69 heavy (non-hydrogen) atoms. The van der Waals surface area contributed by atoms with Gasteiger partial charge in [0.05, 0.1) is 18.8 Å². The van der Waals surface area contributed by atoms with Crippen molar-refractivity contribution in [1.29, 1.82) is 0 Å². The first-order valence-corrected chi connectivity index (χ1v) is 23.6. The number of carboxylic acid groups (broad SMARTS) is 1. The first kappa shape index (κ1) is 59.0. The summed E-state index contributed by atoms with van der Waals surface area (Å²) in [4.78, 5) is 144. The number of likely N-dealkylation sites (tertiary alicyclic amines) is 1. The number of hydrogen-bond acceptors (Lipinski definition) is 15. The molecule has 1 saturated heterocycles. The maximum atomic E-state index is 14.1. The summed E-state index contributed by atoms with van der Waals surface area (Å²) in [6.45, 7) is 8.45. The van der Waals surface area contributed by atoms with Gasteiger partial charge < -0.3 is 75.1 Å². The maximum Gasteiger partial charge on any atom is 0.327 e. The summed E-state index contributed by atoms with van der Waals surface area (Å²) in [6.07, 6.45) is 2.78. The number of rotatable bonds is 29. The third kappa shape index (κ3) is 19.8. The van der Waals surface area contributed by atoms with Crippen molar-refractivity contribution in [3.05, 3.63) is 18.2 Å². The molecule has 0 spiro atoms. The molecule has 0 unspecified atom stereocenters. The van der Waals surface area contributed by atoms with Crippen LogP contribution in [0.4, 0.5) is 0 Å². The van der Waals surface area contributed by atoms with E-state index in [4.69, 9.17) is 22.9 Å². The average molecular weight is 1010 g/mol. The van der Waals surface area contributed by atoms with E-state index in [2.05, 4.69) is 77.4 Å². The SMILES string of the molecule is CC(C)C[C@H](NC(=O)[C@H](CS)NC(=O)[C@H](Cc1cnc[nH]1)NC(=O)[C@H](CCCN=C(N)N)NC(=O)[C@H](C)NC(=O)[C@H](CC(N)=O)NC(=O)[C@@H](N)C(C)C)C(=O)N1CCC[C@H]1C(=O)N[C@@H](CS)C(=O)O. The van der Waals surface area contributed by atoms with Gasteiger partial charge >= 0.3 is 5.97 Å². The molecular weight excluding hydrogens is 943 g/mol. The lowest BCUT2D eigenvalue weighted by atomic mass is 10.0. The van der Waals surface area contributed by atoms with Gasteiger partial charge in [0.25, 0.3) is 0 Å². The van der Waals surface area contributed by atoms with Crippen LogP contribution in [0.2, 0.25) is 0 Å². The molecule has 0 radical (unpaired) electrons. The second kappa shape index (κ2) is 29.0. The number of guanidine groups is 1. The molecule has 28 heteroatoms. The number of H-pyrrole nitrogens is 1. The Morgan fingerprint density at radius 3 is 1.88 bits per heavy atom. The smallest absolute Gasteiger partial charge is 0.327 e. The summed E-state index contributed by atoms with van der Waals surface area (Å²) in [6, 6.07) is -11.5. The minimum Gasteiger partial charge on any atom is -0.480 e. The molecule has 0 aromatic carbocycles. The molecule has 0 aliphatic carbocycles. The van der Waals surface area contributed by atoms with E-state index in [9.17, 15) is 53.1 Å². The Kier molecular flexibility index (Phi) is 24.8. The van der Waals surface area contributed by atoms with Gasteiger partial charge in [-0.3, -0.25) is 48.1 Å². The van der Waals surface area contributed by atoms with Crippen LogP contribution < -0.4 is 60.2 Å². The Balaban J connectivity index is 2.34. The highest BCUT2D eigenvalue weighted by molar-refractivity contribution is 7.80. The van der Waals surface area contributed by atoms with Crippen LogP contribution in [0.25, 0.3) is 0 Å². The van der Waals surface area contributed by atoms with E-state index < -0.39 is 120 Å². The monoisotopic (exact) mass is 1010 g/mol. The van der Waals surface area contributed by atoms with Crippen molar-refractivity contribution in [3.8, 4) is 0 Å². The lowest BCUT2D eigenvalue weighted by Gasteiger charge is -2.31. The molecule has 9 amide bonds. The molecule has 0 bridgehead atoms. The average Bonchev–Trinajstić information content (AvgIpc) is 3.99. The molecule has 2 rings (SSSR count). The predicted octanol–water partition coefficient (Wildman–Crippen LogP) is -4.74. The molecule has 1 aliphatic rings. The third-order valence-corrected chi connectivity index (χ3v) is 11.5. The van der Waals surface area contributed by atoms with Crippen molar-refractivity contribution in [2.24, 2.45) is 39.8 Å². The zero-order chi connectivity index (χ0) is 52.1. The van der Waals surface area contributed by atoms with Crippen LogP contribution in [0, 0.1) is 11.8 Å². The van der Waals surface area contributed by atoms with Gasteiger partial charge in [-0.2, -0.15) is 25.3 Å². The van der Waals surface area contributed by atoms with E-state index in [-0.39, 0.29) is 74.5 Å². The largest absolute Gasteiger partial charge is 0.480 e. The molecule has 1 aromatic rings. The Hall–Kier alpha value is -6.16. The standard InChI is InChI=1S/C41H69N15O11S2/c1-19(2)12-26(39(65)56-11-7-9-29(56)37(63)55-28(17-69)40(66)67)53-36(62)27(16-68)54-35(61)24(13-22-15-46-18-48-22)51-33(59)23(8-6-10-47-41(44)45)50-32(58)21(5)49-34(60)25(14-30(42)57)52-38(64)31(43)20(3)4/h15,18-21,23-29,31,68-69H,6-14,16-17,43H2,1-5H3,(H2,42,57)(H,46,48)(H,49,60)(H,50,58)(H,51,59)(H,52,64)(H,53,62)(H,54,61)(H,55,63)(H,66,67)(H4,44,45,47)/t21-,23-,24-,25-,26-,27-,28-,29-,31-/m0/s1. The van der Waals surface area contributed by atoms with Gasteiger partial charge in [-0.1, -0.05) is 27.7 Å². The Morgan fingerprint density at radius 2 is 1.33 bits per heavy atom. The molecule has 17 N–H and O–H groups in total. The molecular formula is C41H69N15O11S2. The number of nitrogens with one attached hydrogen (secondary N) is 8. The topological polar surface area (TPSA) is 423 Å². The normalized spacial score (nSPS) is 16.8. The Labute approximate surface area is 410 Å². The van der Waals surface area contributed by atoms with Gasteiger partial charge in [-0.25, -0.2) is 9.78 Å². The van der Waals surface area contributed by atoms with Crippen LogP contribution in [0.1, 0.15) is 78.8 Å². The predicted molar refractivity (Wildman–Crippen MR) is 258 cm³/mol. The van der Waals surface area contributed by atoms with Crippen molar-refractivity contribution >= 4 is 90.4 Å². The molecule has 386 valence electrons. The Morgan fingerprint density at radius 1 is 0.768 bits per heavy atom. The van der Waals surface area contributed by atoms with Gasteiger partial charge in [-0.15, -0.1) is 0 Å².